The fourth-order valence-corrected chi connectivity index (χ4v) is 3.28. The van der Waals surface area contributed by atoms with Gasteiger partial charge in [-0.1, -0.05) is 34.9 Å². The molecule has 164 valence electrons. The summed E-state index contributed by atoms with van der Waals surface area (Å²) >= 11 is 0. The molecule has 3 rings (SSSR count). The maximum absolute atomic E-state index is 12.3. The molecule has 0 atom stereocenters. The lowest BCUT2D eigenvalue weighted by Gasteiger charge is -2.09. The van der Waals surface area contributed by atoms with Crippen molar-refractivity contribution in [2.24, 2.45) is 0 Å². The van der Waals surface area contributed by atoms with E-state index in [-0.39, 0.29) is 17.7 Å². The van der Waals surface area contributed by atoms with Crippen molar-refractivity contribution in [3.8, 4) is 0 Å². The van der Waals surface area contributed by atoms with Gasteiger partial charge >= 0.3 is 0 Å². The number of hydrogen-bond acceptors (Lipinski definition) is 3. The zero-order valence-corrected chi connectivity index (χ0v) is 18.5. The van der Waals surface area contributed by atoms with Gasteiger partial charge in [-0.3, -0.25) is 14.4 Å². The SMILES string of the molecule is Cc1ccc(C(=O)Nc2ccc(C(=O)NCCNC(=O)c3cc(C)cc(C)c3)cc2)cc1. The lowest BCUT2D eigenvalue weighted by Crippen LogP contribution is -2.34. The summed E-state index contributed by atoms with van der Waals surface area (Å²) in [6.45, 7) is 6.49. The van der Waals surface area contributed by atoms with Crippen LogP contribution in [0.2, 0.25) is 0 Å². The van der Waals surface area contributed by atoms with Crippen LogP contribution in [0.25, 0.3) is 0 Å². The van der Waals surface area contributed by atoms with E-state index in [2.05, 4.69) is 16.0 Å². The summed E-state index contributed by atoms with van der Waals surface area (Å²) in [5.41, 5.74) is 5.40. The molecule has 0 fully saturated rings. The van der Waals surface area contributed by atoms with Gasteiger partial charge in [0, 0.05) is 35.5 Å². The van der Waals surface area contributed by atoms with Crippen molar-refractivity contribution in [3.05, 3.63) is 100 Å². The Balaban J connectivity index is 1.45. The van der Waals surface area contributed by atoms with Crippen LogP contribution in [0.4, 0.5) is 5.69 Å². The molecule has 0 aromatic heterocycles. The Hall–Kier alpha value is -3.93. The molecule has 0 aliphatic rings. The smallest absolute Gasteiger partial charge is 0.255 e. The highest BCUT2D eigenvalue weighted by Crippen LogP contribution is 2.12. The van der Waals surface area contributed by atoms with Crippen LogP contribution >= 0.6 is 0 Å². The molecule has 6 nitrogen and oxygen atoms in total. The Morgan fingerprint density at radius 3 is 1.59 bits per heavy atom. The molecule has 0 aliphatic carbocycles. The van der Waals surface area contributed by atoms with Crippen LogP contribution < -0.4 is 16.0 Å². The van der Waals surface area contributed by atoms with Crippen LogP contribution in [0.15, 0.2) is 66.7 Å². The number of nitrogens with one attached hydrogen (secondary N) is 3. The van der Waals surface area contributed by atoms with Gasteiger partial charge in [-0.2, -0.15) is 0 Å². The molecule has 0 heterocycles. The van der Waals surface area contributed by atoms with E-state index in [4.69, 9.17) is 0 Å². The molecule has 3 aromatic carbocycles. The molecule has 3 amide bonds. The van der Waals surface area contributed by atoms with Crippen molar-refractivity contribution < 1.29 is 14.4 Å². The van der Waals surface area contributed by atoms with E-state index in [9.17, 15) is 14.4 Å². The standard InChI is InChI=1S/C26H27N3O3/c1-17-4-6-21(7-5-17)26(32)29-23-10-8-20(9-11-23)24(30)27-12-13-28-25(31)22-15-18(2)14-19(3)16-22/h4-11,14-16H,12-13H2,1-3H3,(H,27,30)(H,28,31)(H,29,32). The van der Waals surface area contributed by atoms with Gasteiger partial charge in [-0.05, 0) is 69.3 Å². The monoisotopic (exact) mass is 429 g/mol. The summed E-state index contributed by atoms with van der Waals surface area (Å²) < 4.78 is 0. The van der Waals surface area contributed by atoms with Crippen molar-refractivity contribution in [1.82, 2.24) is 10.6 Å². The number of benzene rings is 3. The third-order valence-electron chi connectivity index (χ3n) is 4.90. The van der Waals surface area contributed by atoms with Gasteiger partial charge in [0.05, 0.1) is 0 Å². The van der Waals surface area contributed by atoms with E-state index in [1.165, 1.54) is 0 Å². The molecule has 0 saturated carbocycles. The van der Waals surface area contributed by atoms with Gasteiger partial charge in [0.25, 0.3) is 17.7 Å². The second-order valence-corrected chi connectivity index (χ2v) is 7.79. The molecule has 32 heavy (non-hydrogen) atoms. The highest BCUT2D eigenvalue weighted by atomic mass is 16.2. The highest BCUT2D eigenvalue weighted by Gasteiger charge is 2.09. The Morgan fingerprint density at radius 1 is 0.562 bits per heavy atom. The second kappa shape index (κ2) is 10.4. The Kier molecular flexibility index (Phi) is 7.39. The molecule has 0 spiro atoms. The topological polar surface area (TPSA) is 87.3 Å². The molecule has 6 heteroatoms. The van der Waals surface area contributed by atoms with Crippen LogP contribution in [0.1, 0.15) is 47.8 Å². The lowest BCUT2D eigenvalue weighted by atomic mass is 10.1. The maximum Gasteiger partial charge on any atom is 0.255 e. The van der Waals surface area contributed by atoms with Gasteiger partial charge in [0.2, 0.25) is 0 Å². The molecule has 3 N–H and O–H groups in total. The quantitative estimate of drug-likeness (QED) is 0.496. The second-order valence-electron chi connectivity index (χ2n) is 7.79. The first-order valence-electron chi connectivity index (χ1n) is 10.4. The van der Waals surface area contributed by atoms with Crippen LogP contribution in [-0.4, -0.2) is 30.8 Å². The maximum atomic E-state index is 12.3. The highest BCUT2D eigenvalue weighted by molar-refractivity contribution is 6.04. The largest absolute Gasteiger partial charge is 0.350 e. The predicted molar refractivity (Wildman–Crippen MR) is 126 cm³/mol. The summed E-state index contributed by atoms with van der Waals surface area (Å²) in [6, 6.07) is 19.6. The Bertz CT molecular complexity index is 1100. The Labute approximate surface area is 188 Å². The van der Waals surface area contributed by atoms with Crippen LogP contribution in [-0.2, 0) is 0 Å². The molecular formula is C26H27N3O3. The number of rotatable bonds is 7. The third-order valence-corrected chi connectivity index (χ3v) is 4.90. The van der Waals surface area contributed by atoms with Crippen LogP contribution in [0, 0.1) is 20.8 Å². The summed E-state index contributed by atoms with van der Waals surface area (Å²) in [7, 11) is 0. The van der Waals surface area contributed by atoms with E-state index in [1.807, 2.05) is 51.1 Å². The van der Waals surface area contributed by atoms with Gasteiger partial charge < -0.3 is 16.0 Å². The van der Waals surface area contributed by atoms with Crippen molar-refractivity contribution in [2.75, 3.05) is 18.4 Å². The van der Waals surface area contributed by atoms with Gasteiger partial charge in [-0.15, -0.1) is 0 Å². The minimum atomic E-state index is -0.248. The molecule has 0 saturated heterocycles. The predicted octanol–water partition coefficient (Wildman–Crippen LogP) is 4.02. The lowest BCUT2D eigenvalue weighted by molar-refractivity contribution is 0.0927. The summed E-state index contributed by atoms with van der Waals surface area (Å²) in [5.74, 6) is -0.622. The Morgan fingerprint density at radius 2 is 1.03 bits per heavy atom. The summed E-state index contributed by atoms with van der Waals surface area (Å²) in [4.78, 5) is 36.9. The fourth-order valence-electron chi connectivity index (χ4n) is 3.28. The van der Waals surface area contributed by atoms with Crippen molar-refractivity contribution in [3.63, 3.8) is 0 Å². The van der Waals surface area contributed by atoms with Gasteiger partial charge in [-0.25, -0.2) is 0 Å². The number of amides is 3. The van der Waals surface area contributed by atoms with Crippen LogP contribution in [0.5, 0.6) is 0 Å². The third kappa shape index (κ3) is 6.28. The van der Waals surface area contributed by atoms with E-state index < -0.39 is 0 Å². The molecule has 0 aliphatic heterocycles. The minimum absolute atomic E-state index is 0.167. The normalized spacial score (nSPS) is 10.3. The average Bonchev–Trinajstić information content (AvgIpc) is 2.76. The first-order chi connectivity index (χ1) is 15.3. The van der Waals surface area contributed by atoms with Crippen LogP contribution in [0.3, 0.4) is 0 Å². The number of carbonyl (C=O) groups is 3. The van der Waals surface area contributed by atoms with Crippen molar-refractivity contribution in [2.45, 2.75) is 20.8 Å². The van der Waals surface area contributed by atoms with E-state index in [0.717, 1.165) is 16.7 Å². The number of carbonyl (C=O) groups excluding carboxylic acids is 3. The zero-order valence-electron chi connectivity index (χ0n) is 18.5. The number of aryl methyl sites for hydroxylation is 3. The first kappa shape index (κ1) is 22.7. The van der Waals surface area contributed by atoms with Crippen molar-refractivity contribution in [1.29, 1.82) is 0 Å². The number of anilines is 1. The van der Waals surface area contributed by atoms with E-state index in [0.29, 0.717) is 35.5 Å². The minimum Gasteiger partial charge on any atom is -0.350 e. The van der Waals surface area contributed by atoms with Crippen molar-refractivity contribution >= 4 is 23.4 Å². The molecule has 3 aromatic rings. The molecule has 0 unspecified atom stereocenters. The number of hydrogen-bond donors (Lipinski definition) is 3. The van der Waals surface area contributed by atoms with E-state index >= 15 is 0 Å². The van der Waals surface area contributed by atoms with Gasteiger partial charge in [0.1, 0.15) is 0 Å². The zero-order chi connectivity index (χ0) is 23.1. The summed E-state index contributed by atoms with van der Waals surface area (Å²) in [5, 5.41) is 8.40. The van der Waals surface area contributed by atoms with E-state index in [1.54, 1.807) is 36.4 Å². The summed E-state index contributed by atoms with van der Waals surface area (Å²) in [6.07, 6.45) is 0. The molecule has 0 bridgehead atoms. The fraction of sp³-hybridized carbons (Fsp3) is 0.192. The molecule has 0 radical (unpaired) electrons. The molecular weight excluding hydrogens is 402 g/mol. The van der Waals surface area contributed by atoms with Gasteiger partial charge in [0.15, 0.2) is 0 Å². The average molecular weight is 430 g/mol. The first-order valence-corrected chi connectivity index (χ1v) is 10.4.